The predicted molar refractivity (Wildman–Crippen MR) is 79.6 cm³/mol. The molecule has 0 saturated carbocycles. The van der Waals surface area contributed by atoms with Crippen LogP contribution in [0.2, 0.25) is 0 Å². The summed E-state index contributed by atoms with van der Waals surface area (Å²) in [5, 5.41) is 15.3. The van der Waals surface area contributed by atoms with Crippen molar-refractivity contribution in [3.05, 3.63) is 39.3 Å². The molecule has 0 saturated heterocycles. The van der Waals surface area contributed by atoms with Crippen molar-refractivity contribution in [2.24, 2.45) is 0 Å². The molecule has 3 nitrogen and oxygen atoms in total. The largest absolute Gasteiger partial charge is 0.384 e. The second-order valence-corrected chi connectivity index (χ2v) is 6.45. The molecular weight excluding hydrogens is 256 g/mol. The molecule has 2 aromatic heterocycles. The van der Waals surface area contributed by atoms with Gasteiger partial charge in [-0.15, -0.1) is 11.3 Å². The minimum absolute atomic E-state index is 0.605. The van der Waals surface area contributed by atoms with Gasteiger partial charge in [0.05, 0.1) is 5.69 Å². The first-order valence-electron chi connectivity index (χ1n) is 6.81. The standard InChI is InChI=1S/C15H22N2OS/c1-5-12-9-13(17(6-2)16-12)10-15(4,18)14-8-7-11(3)19-14/h7-9,18H,5-6,10H2,1-4H3. The maximum atomic E-state index is 10.7. The van der Waals surface area contributed by atoms with Gasteiger partial charge in [-0.25, -0.2) is 0 Å². The third-order valence-electron chi connectivity index (χ3n) is 3.37. The summed E-state index contributed by atoms with van der Waals surface area (Å²) in [6, 6.07) is 6.19. The molecule has 2 rings (SSSR count). The lowest BCUT2D eigenvalue weighted by Crippen LogP contribution is -2.24. The van der Waals surface area contributed by atoms with Crippen molar-refractivity contribution in [1.29, 1.82) is 0 Å². The second kappa shape index (κ2) is 5.47. The Morgan fingerprint density at radius 3 is 2.63 bits per heavy atom. The van der Waals surface area contributed by atoms with Gasteiger partial charge in [0.25, 0.3) is 0 Å². The van der Waals surface area contributed by atoms with E-state index in [1.807, 2.05) is 17.7 Å². The smallest absolute Gasteiger partial charge is 0.101 e. The van der Waals surface area contributed by atoms with Gasteiger partial charge in [0.1, 0.15) is 5.60 Å². The van der Waals surface area contributed by atoms with Crippen molar-refractivity contribution in [2.45, 2.75) is 52.7 Å². The average molecular weight is 278 g/mol. The van der Waals surface area contributed by atoms with Gasteiger partial charge in [-0.05, 0) is 45.4 Å². The minimum atomic E-state index is -0.823. The highest BCUT2D eigenvalue weighted by molar-refractivity contribution is 7.12. The fraction of sp³-hybridized carbons (Fsp3) is 0.533. The van der Waals surface area contributed by atoms with Crippen LogP contribution in [0.1, 0.15) is 41.9 Å². The van der Waals surface area contributed by atoms with Crippen LogP contribution in [-0.2, 0) is 25.0 Å². The molecule has 104 valence electrons. The Labute approximate surface area is 118 Å². The molecule has 0 spiro atoms. The number of nitrogens with zero attached hydrogens (tertiary/aromatic N) is 2. The summed E-state index contributed by atoms with van der Waals surface area (Å²) >= 11 is 1.66. The molecule has 1 N–H and O–H groups in total. The summed E-state index contributed by atoms with van der Waals surface area (Å²) in [6.45, 7) is 8.98. The highest BCUT2D eigenvalue weighted by Crippen LogP contribution is 2.31. The molecule has 1 atom stereocenters. The normalized spacial score (nSPS) is 14.6. The summed E-state index contributed by atoms with van der Waals surface area (Å²) in [7, 11) is 0. The molecule has 0 bridgehead atoms. The Balaban J connectivity index is 2.26. The molecule has 19 heavy (non-hydrogen) atoms. The Morgan fingerprint density at radius 1 is 1.37 bits per heavy atom. The first kappa shape index (κ1) is 14.3. The van der Waals surface area contributed by atoms with Crippen LogP contribution in [-0.4, -0.2) is 14.9 Å². The lowest BCUT2D eigenvalue weighted by Gasteiger charge is -2.22. The first-order valence-corrected chi connectivity index (χ1v) is 7.62. The second-order valence-electron chi connectivity index (χ2n) is 5.16. The summed E-state index contributed by atoms with van der Waals surface area (Å²) in [6.07, 6.45) is 1.54. The van der Waals surface area contributed by atoms with Crippen molar-refractivity contribution in [3.63, 3.8) is 0 Å². The zero-order valence-corrected chi connectivity index (χ0v) is 12.9. The highest BCUT2D eigenvalue weighted by atomic mass is 32.1. The van der Waals surface area contributed by atoms with Crippen LogP contribution in [0.25, 0.3) is 0 Å². The van der Waals surface area contributed by atoms with Gasteiger partial charge >= 0.3 is 0 Å². The molecule has 0 aliphatic rings. The molecule has 2 aromatic rings. The van der Waals surface area contributed by atoms with Crippen LogP contribution in [0.4, 0.5) is 0 Å². The zero-order valence-electron chi connectivity index (χ0n) is 12.1. The molecule has 0 aliphatic carbocycles. The maximum Gasteiger partial charge on any atom is 0.101 e. The van der Waals surface area contributed by atoms with Gasteiger partial charge in [-0.2, -0.15) is 5.10 Å². The number of aromatic nitrogens is 2. The molecule has 0 amide bonds. The van der Waals surface area contributed by atoms with E-state index >= 15 is 0 Å². The van der Waals surface area contributed by atoms with E-state index in [1.54, 1.807) is 11.3 Å². The summed E-state index contributed by atoms with van der Waals surface area (Å²) < 4.78 is 1.99. The summed E-state index contributed by atoms with van der Waals surface area (Å²) in [5.41, 5.74) is 1.38. The van der Waals surface area contributed by atoms with E-state index < -0.39 is 5.60 Å². The number of thiophene rings is 1. The van der Waals surface area contributed by atoms with Crippen molar-refractivity contribution >= 4 is 11.3 Å². The van der Waals surface area contributed by atoms with E-state index in [0.717, 1.165) is 29.2 Å². The maximum absolute atomic E-state index is 10.7. The van der Waals surface area contributed by atoms with Gasteiger partial charge in [-0.1, -0.05) is 6.92 Å². The van der Waals surface area contributed by atoms with Crippen LogP contribution in [0.3, 0.4) is 0 Å². The van der Waals surface area contributed by atoms with Crippen molar-refractivity contribution in [1.82, 2.24) is 9.78 Å². The van der Waals surface area contributed by atoms with Crippen LogP contribution in [0, 0.1) is 6.92 Å². The van der Waals surface area contributed by atoms with Gasteiger partial charge in [-0.3, -0.25) is 4.68 Å². The Bertz CT molecular complexity index is 554. The molecule has 0 aliphatic heterocycles. The topological polar surface area (TPSA) is 38.0 Å². The number of hydrogen-bond donors (Lipinski definition) is 1. The fourth-order valence-electron chi connectivity index (χ4n) is 2.27. The predicted octanol–water partition coefficient (Wildman–Crippen LogP) is 3.29. The molecular formula is C15H22N2OS. The van der Waals surface area contributed by atoms with E-state index in [9.17, 15) is 5.11 Å². The fourth-order valence-corrected chi connectivity index (χ4v) is 3.18. The number of rotatable bonds is 5. The third kappa shape index (κ3) is 3.07. The Hall–Kier alpha value is -1.13. The quantitative estimate of drug-likeness (QED) is 0.911. The Morgan fingerprint density at radius 2 is 2.11 bits per heavy atom. The van der Waals surface area contributed by atoms with Crippen LogP contribution >= 0.6 is 11.3 Å². The molecule has 1 unspecified atom stereocenters. The van der Waals surface area contributed by atoms with Gasteiger partial charge in [0.2, 0.25) is 0 Å². The number of aryl methyl sites for hydroxylation is 3. The third-order valence-corrected chi connectivity index (χ3v) is 4.63. The lowest BCUT2D eigenvalue weighted by atomic mass is 9.98. The van der Waals surface area contributed by atoms with E-state index in [1.165, 1.54) is 4.88 Å². The van der Waals surface area contributed by atoms with Gasteiger partial charge in [0.15, 0.2) is 0 Å². The van der Waals surface area contributed by atoms with E-state index in [-0.39, 0.29) is 0 Å². The van der Waals surface area contributed by atoms with E-state index in [2.05, 4.69) is 38.0 Å². The summed E-state index contributed by atoms with van der Waals surface area (Å²) in [4.78, 5) is 2.25. The number of hydrogen-bond acceptors (Lipinski definition) is 3. The van der Waals surface area contributed by atoms with Crippen LogP contribution in [0.15, 0.2) is 18.2 Å². The average Bonchev–Trinajstić information content (AvgIpc) is 2.95. The monoisotopic (exact) mass is 278 g/mol. The van der Waals surface area contributed by atoms with E-state index in [0.29, 0.717) is 6.42 Å². The van der Waals surface area contributed by atoms with Crippen LogP contribution in [0.5, 0.6) is 0 Å². The SMILES string of the molecule is CCc1cc(CC(C)(O)c2ccc(C)s2)n(CC)n1. The molecule has 0 aromatic carbocycles. The van der Waals surface area contributed by atoms with E-state index in [4.69, 9.17) is 0 Å². The lowest BCUT2D eigenvalue weighted by molar-refractivity contribution is 0.0592. The first-order chi connectivity index (χ1) is 8.96. The van der Waals surface area contributed by atoms with Gasteiger partial charge < -0.3 is 5.11 Å². The molecule has 0 fully saturated rings. The Kier molecular flexibility index (Phi) is 4.11. The molecule has 4 heteroatoms. The van der Waals surface area contributed by atoms with Gasteiger partial charge in [0, 0.05) is 28.4 Å². The minimum Gasteiger partial charge on any atom is -0.384 e. The van der Waals surface area contributed by atoms with Crippen molar-refractivity contribution in [2.75, 3.05) is 0 Å². The highest BCUT2D eigenvalue weighted by Gasteiger charge is 2.27. The zero-order chi connectivity index (χ0) is 14.0. The molecule has 0 radical (unpaired) electrons. The van der Waals surface area contributed by atoms with Crippen molar-refractivity contribution < 1.29 is 5.11 Å². The number of aliphatic hydroxyl groups is 1. The summed E-state index contributed by atoms with van der Waals surface area (Å²) in [5.74, 6) is 0. The molecule has 2 heterocycles. The van der Waals surface area contributed by atoms with Crippen LogP contribution < -0.4 is 0 Å². The van der Waals surface area contributed by atoms with Crippen molar-refractivity contribution in [3.8, 4) is 0 Å².